The zero-order valence-electron chi connectivity index (χ0n) is 10.9. The number of nitrogens with zero attached hydrogens (tertiary/aromatic N) is 1. The van der Waals surface area contributed by atoms with E-state index in [1.54, 1.807) is 13.2 Å². The summed E-state index contributed by atoms with van der Waals surface area (Å²) in [5, 5.41) is 0. The highest BCUT2D eigenvalue weighted by atomic mass is 16.5. The molecule has 0 bridgehead atoms. The molecule has 3 heteroatoms. The van der Waals surface area contributed by atoms with E-state index in [9.17, 15) is 4.79 Å². The van der Waals surface area contributed by atoms with Gasteiger partial charge in [-0.1, -0.05) is 25.5 Å². The Hall–Kier alpha value is -1.35. The number of likely N-dealkylation sites (N-methyl/N-ethyl adjacent to an activating group) is 1. The molecule has 0 aliphatic carbocycles. The van der Waals surface area contributed by atoms with Gasteiger partial charge in [-0.3, -0.25) is 9.69 Å². The van der Waals surface area contributed by atoms with Crippen LogP contribution in [0.4, 0.5) is 0 Å². The monoisotopic (exact) mass is 235 g/mol. The van der Waals surface area contributed by atoms with Gasteiger partial charge in [-0.15, -0.1) is 0 Å². The van der Waals surface area contributed by atoms with Crippen LogP contribution < -0.4 is 4.74 Å². The predicted molar refractivity (Wildman–Crippen MR) is 69.7 cm³/mol. The van der Waals surface area contributed by atoms with E-state index in [1.165, 1.54) is 0 Å². The highest BCUT2D eigenvalue weighted by Crippen LogP contribution is 2.13. The van der Waals surface area contributed by atoms with Gasteiger partial charge in [-0.25, -0.2) is 0 Å². The van der Waals surface area contributed by atoms with Gasteiger partial charge < -0.3 is 4.74 Å². The summed E-state index contributed by atoms with van der Waals surface area (Å²) in [6.45, 7) is 3.58. The molecular formula is C14H21NO2. The normalized spacial score (nSPS) is 10.6. The highest BCUT2D eigenvalue weighted by molar-refractivity contribution is 5.97. The van der Waals surface area contributed by atoms with Crippen LogP contribution in [0.15, 0.2) is 24.3 Å². The maximum absolute atomic E-state index is 12.0. The van der Waals surface area contributed by atoms with Crippen LogP contribution in [0.3, 0.4) is 0 Å². The molecule has 1 aromatic carbocycles. The Morgan fingerprint density at radius 2 is 2.18 bits per heavy atom. The number of Topliss-reactive ketones (excluding diaryl/α,β-unsaturated/α-hetero) is 1. The molecule has 0 spiro atoms. The molecular weight excluding hydrogens is 214 g/mol. The first-order valence-electron chi connectivity index (χ1n) is 6.03. The van der Waals surface area contributed by atoms with E-state index in [0.717, 1.165) is 25.1 Å². The summed E-state index contributed by atoms with van der Waals surface area (Å²) in [5.41, 5.74) is 0.715. The zero-order valence-corrected chi connectivity index (χ0v) is 10.9. The molecule has 0 fully saturated rings. The van der Waals surface area contributed by atoms with Gasteiger partial charge in [0.2, 0.25) is 0 Å². The Labute approximate surface area is 103 Å². The quantitative estimate of drug-likeness (QED) is 0.680. The fraction of sp³-hybridized carbons (Fsp3) is 0.500. The van der Waals surface area contributed by atoms with Crippen molar-refractivity contribution in [2.45, 2.75) is 19.8 Å². The lowest BCUT2D eigenvalue weighted by Crippen LogP contribution is -2.26. The third-order valence-corrected chi connectivity index (χ3v) is 2.70. The number of carbonyl (C=O) groups is 1. The molecule has 0 atom stereocenters. The lowest BCUT2D eigenvalue weighted by atomic mass is 10.1. The molecule has 3 nitrogen and oxygen atoms in total. The summed E-state index contributed by atoms with van der Waals surface area (Å²) < 4.78 is 5.11. The van der Waals surface area contributed by atoms with Crippen LogP contribution in [0.5, 0.6) is 5.75 Å². The van der Waals surface area contributed by atoms with Gasteiger partial charge in [-0.2, -0.15) is 0 Å². The number of methoxy groups -OCH3 is 1. The minimum Gasteiger partial charge on any atom is -0.497 e. The van der Waals surface area contributed by atoms with Crippen LogP contribution in [0.1, 0.15) is 30.1 Å². The van der Waals surface area contributed by atoms with Gasteiger partial charge in [0.15, 0.2) is 5.78 Å². The van der Waals surface area contributed by atoms with E-state index in [2.05, 4.69) is 11.8 Å². The summed E-state index contributed by atoms with van der Waals surface area (Å²) in [4.78, 5) is 14.0. The zero-order chi connectivity index (χ0) is 12.7. The minimum absolute atomic E-state index is 0.141. The van der Waals surface area contributed by atoms with Crippen molar-refractivity contribution in [2.75, 3.05) is 27.2 Å². The molecule has 0 heterocycles. The maximum atomic E-state index is 12.0. The van der Waals surface area contributed by atoms with Crippen LogP contribution in [0, 0.1) is 0 Å². The second-order valence-electron chi connectivity index (χ2n) is 4.25. The average molecular weight is 235 g/mol. The molecule has 0 unspecified atom stereocenters. The fourth-order valence-electron chi connectivity index (χ4n) is 1.64. The molecule has 0 aliphatic heterocycles. The summed E-state index contributed by atoms with van der Waals surface area (Å²) in [7, 11) is 3.59. The Morgan fingerprint density at radius 1 is 1.41 bits per heavy atom. The number of benzene rings is 1. The van der Waals surface area contributed by atoms with Crippen LogP contribution >= 0.6 is 0 Å². The van der Waals surface area contributed by atoms with Gasteiger partial charge in [0.25, 0.3) is 0 Å². The molecule has 0 saturated carbocycles. The van der Waals surface area contributed by atoms with Gasteiger partial charge in [0.05, 0.1) is 13.7 Å². The number of unbranched alkanes of at least 4 members (excludes halogenated alkanes) is 1. The van der Waals surface area contributed by atoms with E-state index in [-0.39, 0.29) is 5.78 Å². The number of rotatable bonds is 7. The van der Waals surface area contributed by atoms with Crippen molar-refractivity contribution in [2.24, 2.45) is 0 Å². The van der Waals surface area contributed by atoms with Crippen LogP contribution in [-0.4, -0.2) is 37.9 Å². The Morgan fingerprint density at radius 3 is 2.82 bits per heavy atom. The van der Waals surface area contributed by atoms with Crippen LogP contribution in [0.25, 0.3) is 0 Å². The molecule has 17 heavy (non-hydrogen) atoms. The number of ketones is 1. The molecule has 0 N–H and O–H groups in total. The van der Waals surface area contributed by atoms with Crippen molar-refractivity contribution in [3.8, 4) is 5.75 Å². The standard InChI is InChI=1S/C14H21NO2/c1-4-5-9-15(2)11-14(16)12-7-6-8-13(10-12)17-3/h6-8,10H,4-5,9,11H2,1-3H3. The van der Waals surface area contributed by atoms with Crippen molar-refractivity contribution in [1.82, 2.24) is 4.90 Å². The first-order chi connectivity index (χ1) is 8.17. The van der Waals surface area contributed by atoms with E-state index in [1.807, 2.05) is 25.2 Å². The summed E-state index contributed by atoms with van der Waals surface area (Å²) in [6.07, 6.45) is 2.28. The van der Waals surface area contributed by atoms with Crippen molar-refractivity contribution in [1.29, 1.82) is 0 Å². The lowest BCUT2D eigenvalue weighted by molar-refractivity contribution is 0.0945. The third-order valence-electron chi connectivity index (χ3n) is 2.70. The molecule has 0 saturated heterocycles. The van der Waals surface area contributed by atoms with E-state index in [4.69, 9.17) is 4.74 Å². The SMILES string of the molecule is CCCCN(C)CC(=O)c1cccc(OC)c1. The lowest BCUT2D eigenvalue weighted by Gasteiger charge is -2.15. The van der Waals surface area contributed by atoms with Crippen molar-refractivity contribution in [3.63, 3.8) is 0 Å². The first-order valence-corrected chi connectivity index (χ1v) is 6.03. The predicted octanol–water partition coefficient (Wildman–Crippen LogP) is 2.61. The molecule has 1 aromatic rings. The molecule has 0 radical (unpaired) electrons. The Kier molecular flexibility index (Phi) is 5.70. The van der Waals surface area contributed by atoms with Crippen molar-refractivity contribution >= 4 is 5.78 Å². The first kappa shape index (κ1) is 13.7. The molecule has 0 amide bonds. The Balaban J connectivity index is 2.56. The number of carbonyl (C=O) groups excluding carboxylic acids is 1. The van der Waals surface area contributed by atoms with E-state index >= 15 is 0 Å². The fourth-order valence-corrected chi connectivity index (χ4v) is 1.64. The Bertz CT molecular complexity index is 363. The smallest absolute Gasteiger partial charge is 0.176 e. The molecule has 0 aliphatic rings. The summed E-state index contributed by atoms with van der Waals surface area (Å²) >= 11 is 0. The topological polar surface area (TPSA) is 29.5 Å². The van der Waals surface area contributed by atoms with Gasteiger partial charge in [0, 0.05) is 5.56 Å². The second-order valence-corrected chi connectivity index (χ2v) is 4.25. The molecule has 1 rings (SSSR count). The van der Waals surface area contributed by atoms with Gasteiger partial charge in [-0.05, 0) is 32.1 Å². The summed E-state index contributed by atoms with van der Waals surface area (Å²) in [6, 6.07) is 7.31. The maximum Gasteiger partial charge on any atom is 0.176 e. The minimum atomic E-state index is 0.141. The number of ether oxygens (including phenoxy) is 1. The van der Waals surface area contributed by atoms with E-state index < -0.39 is 0 Å². The van der Waals surface area contributed by atoms with Crippen molar-refractivity contribution in [3.05, 3.63) is 29.8 Å². The second kappa shape index (κ2) is 7.07. The highest BCUT2D eigenvalue weighted by Gasteiger charge is 2.09. The summed E-state index contributed by atoms with van der Waals surface area (Å²) in [5.74, 6) is 0.870. The largest absolute Gasteiger partial charge is 0.497 e. The van der Waals surface area contributed by atoms with Crippen LogP contribution in [0.2, 0.25) is 0 Å². The van der Waals surface area contributed by atoms with Gasteiger partial charge >= 0.3 is 0 Å². The average Bonchev–Trinajstić information content (AvgIpc) is 2.36. The van der Waals surface area contributed by atoms with Crippen LogP contribution in [-0.2, 0) is 0 Å². The molecule has 94 valence electrons. The van der Waals surface area contributed by atoms with Gasteiger partial charge in [0.1, 0.15) is 5.75 Å². The van der Waals surface area contributed by atoms with E-state index in [0.29, 0.717) is 12.1 Å². The number of hydrogen-bond donors (Lipinski definition) is 0. The third kappa shape index (κ3) is 4.57. The van der Waals surface area contributed by atoms with Crippen molar-refractivity contribution < 1.29 is 9.53 Å². The number of hydrogen-bond acceptors (Lipinski definition) is 3. The molecule has 0 aromatic heterocycles.